The van der Waals surface area contributed by atoms with Gasteiger partial charge >= 0.3 is 5.97 Å². The molecule has 6 heteroatoms. The normalized spacial score (nSPS) is 20.2. The van der Waals surface area contributed by atoms with Crippen molar-refractivity contribution in [1.82, 2.24) is 5.32 Å². The Morgan fingerprint density at radius 3 is 2.67 bits per heavy atom. The Kier molecular flexibility index (Phi) is 7.06. The molecular formula is C18H24ClNO4. The van der Waals surface area contributed by atoms with Gasteiger partial charge in [0.2, 0.25) is 5.91 Å². The number of hydrogen-bond donors (Lipinski definition) is 2. The molecule has 1 fully saturated rings. The molecule has 5 nitrogen and oxygen atoms in total. The minimum absolute atomic E-state index is 0.114. The lowest BCUT2D eigenvalue weighted by atomic mass is 9.93. The summed E-state index contributed by atoms with van der Waals surface area (Å²) in [4.78, 5) is 23.7. The minimum atomic E-state index is -0.996. The second kappa shape index (κ2) is 9.04. The molecule has 3 atom stereocenters. The van der Waals surface area contributed by atoms with Gasteiger partial charge in [0.1, 0.15) is 6.04 Å². The highest BCUT2D eigenvalue weighted by Gasteiger charge is 2.31. The van der Waals surface area contributed by atoms with Crippen LogP contribution in [-0.4, -0.2) is 36.2 Å². The maximum atomic E-state index is 12.2. The summed E-state index contributed by atoms with van der Waals surface area (Å²) in [5, 5.41) is 12.7. The van der Waals surface area contributed by atoms with Crippen LogP contribution in [0.5, 0.6) is 0 Å². The first-order valence-corrected chi connectivity index (χ1v) is 8.68. The van der Waals surface area contributed by atoms with Gasteiger partial charge in [-0.25, -0.2) is 4.79 Å². The number of halogens is 1. The molecule has 0 saturated carbocycles. The van der Waals surface area contributed by atoms with Gasteiger partial charge in [0.05, 0.1) is 6.61 Å². The topological polar surface area (TPSA) is 75.6 Å². The Bertz CT molecular complexity index is 555. The molecule has 3 unspecified atom stereocenters. The molecule has 1 amide bonds. The molecule has 0 aromatic heterocycles. The Morgan fingerprint density at radius 1 is 1.38 bits per heavy atom. The second-order valence-electron chi connectivity index (χ2n) is 6.50. The van der Waals surface area contributed by atoms with Crippen molar-refractivity contribution >= 4 is 23.5 Å². The number of carboxylic acids is 1. The average molecular weight is 354 g/mol. The Hall–Kier alpha value is -1.59. The second-order valence-corrected chi connectivity index (χ2v) is 6.94. The van der Waals surface area contributed by atoms with E-state index in [0.29, 0.717) is 24.7 Å². The maximum Gasteiger partial charge on any atom is 0.326 e. The van der Waals surface area contributed by atoms with Crippen molar-refractivity contribution in [2.24, 2.45) is 11.8 Å². The van der Waals surface area contributed by atoms with E-state index in [1.807, 2.05) is 31.2 Å². The summed E-state index contributed by atoms with van der Waals surface area (Å²) >= 11 is 5.86. The van der Waals surface area contributed by atoms with Crippen molar-refractivity contribution in [3.63, 3.8) is 0 Å². The number of amides is 1. The van der Waals surface area contributed by atoms with Crippen LogP contribution in [-0.2, 0) is 20.7 Å². The number of carbonyl (C=O) groups is 2. The Balaban J connectivity index is 1.85. The summed E-state index contributed by atoms with van der Waals surface area (Å²) in [6.07, 6.45) is 2.63. The van der Waals surface area contributed by atoms with Crippen LogP contribution in [0.2, 0.25) is 5.02 Å². The van der Waals surface area contributed by atoms with Gasteiger partial charge in [-0.05, 0) is 42.9 Å². The lowest BCUT2D eigenvalue weighted by molar-refractivity contribution is -0.145. The zero-order valence-electron chi connectivity index (χ0n) is 13.8. The Morgan fingerprint density at radius 2 is 2.08 bits per heavy atom. The predicted molar refractivity (Wildman–Crippen MR) is 92.0 cm³/mol. The quantitative estimate of drug-likeness (QED) is 0.790. The fourth-order valence-corrected chi connectivity index (χ4v) is 3.18. The standard InChI is InChI=1S/C18H24ClNO4/c1-12(9-13-4-6-15(19)7-5-13)10-16(21)20-17(18(22)23)14-3-2-8-24-11-14/h4-7,12,14,17H,2-3,8-11H2,1H3,(H,20,21)(H,22,23). The highest BCUT2D eigenvalue weighted by Crippen LogP contribution is 2.19. The number of carbonyl (C=O) groups excluding carboxylic acids is 1. The average Bonchev–Trinajstić information content (AvgIpc) is 2.55. The lowest BCUT2D eigenvalue weighted by Gasteiger charge is -2.28. The molecule has 0 bridgehead atoms. The first-order chi connectivity index (χ1) is 11.5. The lowest BCUT2D eigenvalue weighted by Crippen LogP contribution is -2.48. The first kappa shape index (κ1) is 18.7. The molecule has 0 radical (unpaired) electrons. The molecule has 1 aliphatic rings. The van der Waals surface area contributed by atoms with Crippen LogP contribution in [0.15, 0.2) is 24.3 Å². The van der Waals surface area contributed by atoms with E-state index in [4.69, 9.17) is 16.3 Å². The number of aliphatic carboxylic acids is 1. The third-order valence-corrected chi connectivity index (χ3v) is 4.53. The van der Waals surface area contributed by atoms with E-state index < -0.39 is 12.0 Å². The molecule has 1 saturated heterocycles. The van der Waals surface area contributed by atoms with Crippen LogP contribution in [0.3, 0.4) is 0 Å². The third kappa shape index (κ3) is 5.80. The summed E-state index contributed by atoms with van der Waals surface area (Å²) < 4.78 is 5.34. The SMILES string of the molecule is CC(CC(=O)NC(C(=O)O)C1CCCOC1)Cc1ccc(Cl)cc1. The molecular weight excluding hydrogens is 330 g/mol. The van der Waals surface area contributed by atoms with E-state index in [1.165, 1.54) is 0 Å². The van der Waals surface area contributed by atoms with Gasteiger partial charge in [-0.1, -0.05) is 30.7 Å². The van der Waals surface area contributed by atoms with Gasteiger partial charge in [-0.15, -0.1) is 0 Å². The van der Waals surface area contributed by atoms with E-state index in [1.54, 1.807) is 0 Å². The van der Waals surface area contributed by atoms with E-state index in [9.17, 15) is 14.7 Å². The van der Waals surface area contributed by atoms with Crippen molar-refractivity contribution in [3.8, 4) is 0 Å². The van der Waals surface area contributed by atoms with E-state index in [2.05, 4.69) is 5.32 Å². The van der Waals surface area contributed by atoms with Gasteiger partial charge < -0.3 is 15.2 Å². The van der Waals surface area contributed by atoms with Crippen molar-refractivity contribution in [3.05, 3.63) is 34.9 Å². The number of benzene rings is 1. The van der Waals surface area contributed by atoms with Crippen LogP contribution < -0.4 is 5.32 Å². The van der Waals surface area contributed by atoms with E-state index in [-0.39, 0.29) is 17.7 Å². The maximum absolute atomic E-state index is 12.2. The summed E-state index contributed by atoms with van der Waals surface area (Å²) in [5.41, 5.74) is 1.11. The fraction of sp³-hybridized carbons (Fsp3) is 0.556. The van der Waals surface area contributed by atoms with Crippen LogP contribution in [0, 0.1) is 11.8 Å². The van der Waals surface area contributed by atoms with Crippen molar-refractivity contribution < 1.29 is 19.4 Å². The van der Waals surface area contributed by atoms with E-state index >= 15 is 0 Å². The summed E-state index contributed by atoms with van der Waals surface area (Å²) in [6, 6.07) is 6.66. The molecule has 0 aliphatic carbocycles. The van der Waals surface area contributed by atoms with Crippen LogP contribution in [0.25, 0.3) is 0 Å². The van der Waals surface area contributed by atoms with Crippen LogP contribution in [0.4, 0.5) is 0 Å². The summed E-state index contributed by atoms with van der Waals surface area (Å²) in [5.74, 6) is -1.27. The van der Waals surface area contributed by atoms with Crippen molar-refractivity contribution in [2.45, 2.75) is 38.6 Å². The summed E-state index contributed by atoms with van der Waals surface area (Å²) in [6.45, 7) is 3.03. The molecule has 1 aliphatic heterocycles. The predicted octanol–water partition coefficient (Wildman–Crippen LogP) is 2.90. The van der Waals surface area contributed by atoms with Gasteiger partial charge in [-0.3, -0.25) is 4.79 Å². The zero-order chi connectivity index (χ0) is 17.5. The molecule has 1 aromatic rings. The van der Waals surface area contributed by atoms with Gasteiger partial charge in [0, 0.05) is 24.0 Å². The molecule has 24 heavy (non-hydrogen) atoms. The molecule has 0 spiro atoms. The first-order valence-electron chi connectivity index (χ1n) is 8.30. The van der Waals surface area contributed by atoms with Crippen LogP contribution in [0.1, 0.15) is 31.7 Å². The largest absolute Gasteiger partial charge is 0.480 e. The van der Waals surface area contributed by atoms with E-state index in [0.717, 1.165) is 24.8 Å². The molecule has 132 valence electrons. The number of hydrogen-bond acceptors (Lipinski definition) is 3. The third-order valence-electron chi connectivity index (χ3n) is 4.28. The van der Waals surface area contributed by atoms with Gasteiger partial charge in [-0.2, -0.15) is 0 Å². The Labute approximate surface area is 147 Å². The van der Waals surface area contributed by atoms with Gasteiger partial charge in [0.15, 0.2) is 0 Å². The molecule has 2 rings (SSSR count). The monoisotopic (exact) mass is 353 g/mol. The smallest absolute Gasteiger partial charge is 0.326 e. The number of nitrogens with one attached hydrogen (secondary N) is 1. The number of carboxylic acid groups (broad SMARTS) is 1. The minimum Gasteiger partial charge on any atom is -0.480 e. The highest BCUT2D eigenvalue weighted by molar-refractivity contribution is 6.30. The van der Waals surface area contributed by atoms with Crippen LogP contribution >= 0.6 is 11.6 Å². The molecule has 2 N–H and O–H groups in total. The zero-order valence-corrected chi connectivity index (χ0v) is 14.6. The summed E-state index contributed by atoms with van der Waals surface area (Å²) in [7, 11) is 0. The fourth-order valence-electron chi connectivity index (χ4n) is 3.05. The highest BCUT2D eigenvalue weighted by atomic mass is 35.5. The number of ether oxygens (including phenoxy) is 1. The molecule has 1 heterocycles. The number of rotatable bonds is 7. The molecule has 1 aromatic carbocycles. The van der Waals surface area contributed by atoms with Crippen molar-refractivity contribution in [2.75, 3.05) is 13.2 Å². The van der Waals surface area contributed by atoms with Crippen molar-refractivity contribution in [1.29, 1.82) is 0 Å². The van der Waals surface area contributed by atoms with Gasteiger partial charge in [0.25, 0.3) is 0 Å².